The van der Waals surface area contributed by atoms with E-state index in [1.807, 2.05) is 0 Å². The minimum absolute atomic E-state index is 0.00527. The molecule has 3 rings (SSSR count). The number of ether oxygens (including phenoxy) is 1. The van der Waals surface area contributed by atoms with Crippen molar-refractivity contribution >= 4 is 16.7 Å². The van der Waals surface area contributed by atoms with E-state index in [1.54, 1.807) is 0 Å². The highest BCUT2D eigenvalue weighted by molar-refractivity contribution is 5.86. The fraction of sp³-hybridized carbons (Fsp3) is 0.577. The standard InChI is InChI=1S/C26H36O2/c1-2-3-4-5-6-7-8-20-26(27)28-25-19-12-11-17-24(25)23-18-13-15-21-14-9-10-16-22(21)23/h9-10,13-16,18,24-25H,2-8,11-12,17,19-20H2,1H3/t24-,25-/m0/s1. The summed E-state index contributed by atoms with van der Waals surface area (Å²) in [7, 11) is 0. The van der Waals surface area contributed by atoms with E-state index in [4.69, 9.17) is 4.74 Å². The summed E-state index contributed by atoms with van der Waals surface area (Å²) in [5.74, 6) is 0.337. The second-order valence-electron chi connectivity index (χ2n) is 8.36. The predicted octanol–water partition coefficient (Wildman–Crippen LogP) is 7.55. The van der Waals surface area contributed by atoms with Crippen LogP contribution in [0.25, 0.3) is 10.8 Å². The molecule has 0 amide bonds. The summed E-state index contributed by atoms with van der Waals surface area (Å²) >= 11 is 0. The van der Waals surface area contributed by atoms with Crippen LogP contribution in [-0.4, -0.2) is 12.1 Å². The Morgan fingerprint density at radius 1 is 0.893 bits per heavy atom. The molecule has 1 aliphatic rings. The van der Waals surface area contributed by atoms with E-state index in [9.17, 15) is 4.79 Å². The number of benzene rings is 2. The number of unbranched alkanes of at least 4 members (excludes halogenated alkanes) is 6. The Hall–Kier alpha value is -1.83. The van der Waals surface area contributed by atoms with Crippen LogP contribution in [0.5, 0.6) is 0 Å². The minimum Gasteiger partial charge on any atom is -0.462 e. The number of fused-ring (bicyclic) bond motifs is 1. The fourth-order valence-electron chi connectivity index (χ4n) is 4.62. The van der Waals surface area contributed by atoms with Crippen LogP contribution in [0.1, 0.15) is 95.5 Å². The van der Waals surface area contributed by atoms with Crippen molar-refractivity contribution in [3.05, 3.63) is 48.0 Å². The lowest BCUT2D eigenvalue weighted by atomic mass is 9.80. The van der Waals surface area contributed by atoms with Crippen LogP contribution in [-0.2, 0) is 9.53 Å². The van der Waals surface area contributed by atoms with Crippen LogP contribution < -0.4 is 0 Å². The summed E-state index contributed by atoms with van der Waals surface area (Å²) in [5, 5.41) is 2.59. The molecule has 0 N–H and O–H groups in total. The molecule has 2 nitrogen and oxygen atoms in total. The Kier molecular flexibility index (Phi) is 8.39. The van der Waals surface area contributed by atoms with Gasteiger partial charge in [0.2, 0.25) is 0 Å². The SMILES string of the molecule is CCCCCCCCCC(=O)O[C@H]1CCCC[C@H]1c1cccc2ccccc12. The minimum atomic E-state index is 0.00527. The van der Waals surface area contributed by atoms with Crippen LogP contribution >= 0.6 is 0 Å². The van der Waals surface area contributed by atoms with Gasteiger partial charge in [0.05, 0.1) is 0 Å². The van der Waals surface area contributed by atoms with Crippen molar-refractivity contribution in [1.82, 2.24) is 0 Å². The van der Waals surface area contributed by atoms with Gasteiger partial charge in [-0.15, -0.1) is 0 Å². The molecule has 2 aromatic rings. The zero-order chi connectivity index (χ0) is 19.6. The topological polar surface area (TPSA) is 26.3 Å². The van der Waals surface area contributed by atoms with Crippen molar-refractivity contribution in [2.45, 2.75) is 96.0 Å². The molecule has 0 spiro atoms. The van der Waals surface area contributed by atoms with Crippen molar-refractivity contribution in [2.24, 2.45) is 0 Å². The lowest BCUT2D eigenvalue weighted by Crippen LogP contribution is -2.28. The maximum absolute atomic E-state index is 12.5. The average molecular weight is 381 g/mol. The molecule has 0 radical (unpaired) electrons. The quantitative estimate of drug-likeness (QED) is 0.314. The van der Waals surface area contributed by atoms with Crippen molar-refractivity contribution in [3.63, 3.8) is 0 Å². The highest BCUT2D eigenvalue weighted by Gasteiger charge is 2.30. The Bertz CT molecular complexity index is 731. The zero-order valence-corrected chi connectivity index (χ0v) is 17.5. The molecule has 0 bridgehead atoms. The molecule has 0 saturated heterocycles. The molecule has 2 atom stereocenters. The Morgan fingerprint density at radius 2 is 1.61 bits per heavy atom. The summed E-state index contributed by atoms with van der Waals surface area (Å²) in [6.45, 7) is 2.24. The molecule has 1 aliphatic carbocycles. The second-order valence-corrected chi connectivity index (χ2v) is 8.36. The van der Waals surface area contributed by atoms with Gasteiger partial charge in [-0.05, 0) is 42.0 Å². The third-order valence-electron chi connectivity index (χ3n) is 6.19. The van der Waals surface area contributed by atoms with Gasteiger partial charge in [0.25, 0.3) is 0 Å². The molecular weight excluding hydrogens is 344 g/mol. The van der Waals surface area contributed by atoms with Gasteiger partial charge in [0.1, 0.15) is 6.10 Å². The van der Waals surface area contributed by atoms with E-state index in [-0.39, 0.29) is 12.1 Å². The summed E-state index contributed by atoms with van der Waals surface area (Å²) in [6.07, 6.45) is 13.7. The lowest BCUT2D eigenvalue weighted by molar-refractivity contribution is -0.151. The summed E-state index contributed by atoms with van der Waals surface area (Å²) in [4.78, 5) is 12.5. The van der Waals surface area contributed by atoms with Gasteiger partial charge in [-0.2, -0.15) is 0 Å². The first kappa shape index (κ1) is 20.9. The summed E-state index contributed by atoms with van der Waals surface area (Å²) in [5.41, 5.74) is 1.35. The molecule has 0 unspecified atom stereocenters. The first-order chi connectivity index (χ1) is 13.8. The van der Waals surface area contributed by atoms with Gasteiger partial charge in [-0.3, -0.25) is 4.79 Å². The van der Waals surface area contributed by atoms with Crippen LogP contribution in [0, 0.1) is 0 Å². The molecule has 0 aliphatic heterocycles. The maximum Gasteiger partial charge on any atom is 0.306 e. The van der Waals surface area contributed by atoms with Gasteiger partial charge >= 0.3 is 5.97 Å². The summed E-state index contributed by atoms with van der Waals surface area (Å²) in [6, 6.07) is 15.1. The van der Waals surface area contributed by atoms with E-state index in [2.05, 4.69) is 49.4 Å². The molecule has 2 aromatic carbocycles. The lowest BCUT2D eigenvalue weighted by Gasteiger charge is -2.32. The van der Waals surface area contributed by atoms with E-state index < -0.39 is 0 Å². The van der Waals surface area contributed by atoms with Crippen molar-refractivity contribution in [2.75, 3.05) is 0 Å². The third-order valence-corrected chi connectivity index (χ3v) is 6.19. The number of hydrogen-bond acceptors (Lipinski definition) is 2. The van der Waals surface area contributed by atoms with Gasteiger partial charge in [-0.25, -0.2) is 0 Å². The smallest absolute Gasteiger partial charge is 0.306 e. The maximum atomic E-state index is 12.5. The largest absolute Gasteiger partial charge is 0.462 e. The Labute approximate surface area is 170 Å². The van der Waals surface area contributed by atoms with E-state index >= 15 is 0 Å². The summed E-state index contributed by atoms with van der Waals surface area (Å²) < 4.78 is 6.01. The number of carbonyl (C=O) groups excluding carboxylic acids is 1. The molecule has 28 heavy (non-hydrogen) atoms. The van der Waals surface area contributed by atoms with Crippen LogP contribution in [0.15, 0.2) is 42.5 Å². The molecule has 1 saturated carbocycles. The average Bonchev–Trinajstić information content (AvgIpc) is 2.73. The number of rotatable bonds is 10. The third kappa shape index (κ3) is 5.83. The number of carbonyl (C=O) groups is 1. The zero-order valence-electron chi connectivity index (χ0n) is 17.5. The first-order valence-corrected chi connectivity index (χ1v) is 11.5. The monoisotopic (exact) mass is 380 g/mol. The van der Waals surface area contributed by atoms with Gasteiger partial charge in [0, 0.05) is 12.3 Å². The molecular formula is C26H36O2. The fourth-order valence-corrected chi connectivity index (χ4v) is 4.62. The molecule has 152 valence electrons. The van der Waals surface area contributed by atoms with Crippen LogP contribution in [0.4, 0.5) is 0 Å². The molecule has 2 heteroatoms. The number of hydrogen-bond donors (Lipinski definition) is 0. The van der Waals surface area contributed by atoms with Crippen molar-refractivity contribution in [1.29, 1.82) is 0 Å². The van der Waals surface area contributed by atoms with Crippen LogP contribution in [0.2, 0.25) is 0 Å². The van der Waals surface area contributed by atoms with Crippen LogP contribution in [0.3, 0.4) is 0 Å². The molecule has 1 fully saturated rings. The van der Waals surface area contributed by atoms with Gasteiger partial charge in [-0.1, -0.05) is 94.3 Å². The molecule has 0 aromatic heterocycles. The predicted molar refractivity (Wildman–Crippen MR) is 118 cm³/mol. The van der Waals surface area contributed by atoms with Crippen molar-refractivity contribution in [3.8, 4) is 0 Å². The van der Waals surface area contributed by atoms with E-state index in [0.29, 0.717) is 12.3 Å². The first-order valence-electron chi connectivity index (χ1n) is 11.5. The Balaban J connectivity index is 1.54. The highest BCUT2D eigenvalue weighted by atomic mass is 16.5. The Morgan fingerprint density at radius 3 is 2.46 bits per heavy atom. The normalized spacial score (nSPS) is 19.6. The molecule has 0 heterocycles. The van der Waals surface area contributed by atoms with E-state index in [1.165, 1.54) is 54.9 Å². The van der Waals surface area contributed by atoms with Crippen molar-refractivity contribution < 1.29 is 9.53 Å². The highest BCUT2D eigenvalue weighted by Crippen LogP contribution is 2.38. The van der Waals surface area contributed by atoms with E-state index in [0.717, 1.165) is 32.1 Å². The second kappa shape index (κ2) is 11.2. The van der Waals surface area contributed by atoms with Gasteiger partial charge < -0.3 is 4.74 Å². The van der Waals surface area contributed by atoms with Gasteiger partial charge in [0.15, 0.2) is 0 Å². The number of esters is 1.